The Morgan fingerprint density at radius 1 is 0.774 bits per heavy atom. The van der Waals surface area contributed by atoms with Crippen LogP contribution >= 0.6 is 0 Å². The third-order valence-electron chi connectivity index (χ3n) is 9.35. The molecule has 1 nitrogen and oxygen atoms in total. The molecule has 0 heterocycles. The van der Waals surface area contributed by atoms with Gasteiger partial charge in [0.15, 0.2) is 0 Å². The molecule has 7 rings (SSSR count). The lowest BCUT2D eigenvalue weighted by Gasteiger charge is -2.29. The van der Waals surface area contributed by atoms with E-state index in [0.29, 0.717) is 17.3 Å². The average molecular weight is 407 g/mol. The summed E-state index contributed by atoms with van der Waals surface area (Å²) in [5.41, 5.74) is 7.97. The number of rotatable bonds is 4. The zero-order valence-electron chi connectivity index (χ0n) is 18.9. The minimum Gasteiger partial charge on any atom is -0.497 e. The molecule has 0 saturated heterocycles. The first-order valence-corrected chi connectivity index (χ1v) is 11.5. The molecule has 1 heteroatoms. The molecule has 0 radical (unpaired) electrons. The summed E-state index contributed by atoms with van der Waals surface area (Å²) in [6.07, 6.45) is 1.30. The van der Waals surface area contributed by atoms with E-state index >= 15 is 0 Å². The monoisotopic (exact) mass is 406 g/mol. The van der Waals surface area contributed by atoms with Crippen molar-refractivity contribution in [1.29, 1.82) is 0 Å². The lowest BCUT2D eigenvalue weighted by Crippen LogP contribution is -2.24. The summed E-state index contributed by atoms with van der Waals surface area (Å²) in [5.74, 6) is 2.26. The first kappa shape index (κ1) is 18.9. The van der Waals surface area contributed by atoms with Crippen LogP contribution in [0.3, 0.4) is 0 Å². The van der Waals surface area contributed by atoms with Crippen LogP contribution in [0.5, 0.6) is 5.75 Å². The molecule has 4 aliphatic carbocycles. The van der Waals surface area contributed by atoms with Gasteiger partial charge in [-0.25, -0.2) is 0 Å². The first-order chi connectivity index (χ1) is 15.0. The molecule has 4 atom stereocenters. The van der Waals surface area contributed by atoms with Crippen molar-refractivity contribution in [3.8, 4) is 5.75 Å². The van der Waals surface area contributed by atoms with Crippen molar-refractivity contribution in [3.63, 3.8) is 0 Å². The highest BCUT2D eigenvalue weighted by atomic mass is 16.5. The third kappa shape index (κ3) is 2.08. The van der Waals surface area contributed by atoms with E-state index in [-0.39, 0.29) is 10.8 Å². The van der Waals surface area contributed by atoms with Crippen molar-refractivity contribution < 1.29 is 4.74 Å². The molecular formula is C30H30O. The molecule has 3 aromatic rings. The number of hydrogen-bond acceptors (Lipinski definition) is 1. The van der Waals surface area contributed by atoms with Gasteiger partial charge < -0.3 is 4.74 Å². The van der Waals surface area contributed by atoms with Crippen molar-refractivity contribution in [2.45, 2.75) is 32.6 Å². The quantitative estimate of drug-likeness (QED) is 0.448. The minimum atomic E-state index is 0.119. The molecule has 0 spiro atoms. The predicted molar refractivity (Wildman–Crippen MR) is 127 cm³/mol. The molecule has 3 aromatic carbocycles. The fourth-order valence-corrected chi connectivity index (χ4v) is 7.76. The van der Waals surface area contributed by atoms with E-state index in [4.69, 9.17) is 4.74 Å². The molecule has 0 N–H and O–H groups in total. The molecule has 31 heavy (non-hydrogen) atoms. The van der Waals surface area contributed by atoms with Crippen molar-refractivity contribution in [2.75, 3.05) is 7.11 Å². The average Bonchev–Trinajstić information content (AvgIpc) is 3.00. The van der Waals surface area contributed by atoms with Gasteiger partial charge in [-0.3, -0.25) is 0 Å². The second kappa shape index (κ2) is 6.13. The SMILES string of the molecule is COc1ccc([C@@]23C(=C(c4ccccc4)c4ccccc4)[C@@H]4C[C@@H]2[C@@]3(C)C4(C)C)cc1. The summed E-state index contributed by atoms with van der Waals surface area (Å²) in [5, 5.41) is 0. The Balaban J connectivity index is 1.68. The summed E-state index contributed by atoms with van der Waals surface area (Å²) >= 11 is 0. The lowest BCUT2D eigenvalue weighted by molar-refractivity contribution is 0.202. The summed E-state index contributed by atoms with van der Waals surface area (Å²) < 4.78 is 5.48. The number of methoxy groups -OCH3 is 1. The third-order valence-corrected chi connectivity index (χ3v) is 9.35. The summed E-state index contributed by atoms with van der Waals surface area (Å²) in [4.78, 5) is 0. The second-order valence-electron chi connectivity index (χ2n) is 10.3. The van der Waals surface area contributed by atoms with E-state index in [1.54, 1.807) is 12.7 Å². The second-order valence-corrected chi connectivity index (χ2v) is 10.3. The van der Waals surface area contributed by atoms with Gasteiger partial charge in [-0.2, -0.15) is 0 Å². The van der Waals surface area contributed by atoms with Crippen molar-refractivity contribution in [2.24, 2.45) is 22.7 Å². The van der Waals surface area contributed by atoms with Crippen LogP contribution in [0.1, 0.15) is 43.9 Å². The first-order valence-electron chi connectivity index (χ1n) is 11.5. The standard InChI is InChI=1S/C30H30O/c1-28(2)24-19-25-29(28,3)30(25,22-15-17-23(31-4)18-16-22)27(24)26(20-11-7-5-8-12-20)21-13-9-6-10-14-21/h5-18,24-25H,19H2,1-4H3/t24-,25+,29-,30-/m0/s1. The largest absolute Gasteiger partial charge is 0.497 e. The van der Waals surface area contributed by atoms with Gasteiger partial charge >= 0.3 is 0 Å². The molecule has 0 unspecified atom stereocenters. The fourth-order valence-electron chi connectivity index (χ4n) is 7.76. The van der Waals surface area contributed by atoms with Gasteiger partial charge in [-0.15, -0.1) is 0 Å². The summed E-state index contributed by atoms with van der Waals surface area (Å²) in [7, 11) is 1.75. The number of benzene rings is 3. The Hall–Kier alpha value is -2.80. The maximum Gasteiger partial charge on any atom is 0.118 e. The molecule has 4 aliphatic rings. The summed E-state index contributed by atoms with van der Waals surface area (Å²) in [6.45, 7) is 7.59. The van der Waals surface area contributed by atoms with Crippen LogP contribution in [0.25, 0.3) is 5.57 Å². The van der Waals surface area contributed by atoms with E-state index in [1.165, 1.54) is 28.7 Å². The van der Waals surface area contributed by atoms with Crippen LogP contribution in [0.15, 0.2) is 90.5 Å². The maximum atomic E-state index is 5.48. The molecule has 156 valence electrons. The molecule has 0 aliphatic heterocycles. The fraction of sp³-hybridized carbons (Fsp3) is 0.333. The highest BCUT2D eigenvalue weighted by Gasteiger charge is 2.91. The maximum absolute atomic E-state index is 5.48. The van der Waals surface area contributed by atoms with Gasteiger partial charge in [0.2, 0.25) is 0 Å². The van der Waals surface area contributed by atoms with Gasteiger partial charge in [0, 0.05) is 5.41 Å². The molecule has 0 amide bonds. The number of hydrogen-bond donors (Lipinski definition) is 0. The highest BCUT2D eigenvalue weighted by Crippen LogP contribution is 2.94. The zero-order chi connectivity index (χ0) is 21.4. The van der Waals surface area contributed by atoms with Crippen LogP contribution in [0, 0.1) is 22.7 Å². The van der Waals surface area contributed by atoms with Crippen LogP contribution in [0.2, 0.25) is 0 Å². The van der Waals surface area contributed by atoms with Gasteiger partial charge in [-0.05, 0) is 69.1 Å². The van der Waals surface area contributed by atoms with Crippen molar-refractivity contribution in [3.05, 3.63) is 107 Å². The van der Waals surface area contributed by atoms with Crippen LogP contribution in [-0.2, 0) is 5.41 Å². The van der Waals surface area contributed by atoms with Crippen LogP contribution < -0.4 is 4.74 Å². The van der Waals surface area contributed by atoms with Crippen molar-refractivity contribution >= 4 is 5.57 Å². The van der Waals surface area contributed by atoms with Crippen LogP contribution in [-0.4, -0.2) is 7.11 Å². The van der Waals surface area contributed by atoms with Gasteiger partial charge in [0.1, 0.15) is 5.75 Å². The van der Waals surface area contributed by atoms with Gasteiger partial charge in [-0.1, -0.05) is 93.6 Å². The zero-order valence-corrected chi connectivity index (χ0v) is 18.9. The predicted octanol–water partition coefficient (Wildman–Crippen LogP) is 7.13. The van der Waals surface area contributed by atoms with Crippen LogP contribution in [0.4, 0.5) is 0 Å². The molecule has 0 aromatic heterocycles. The Bertz CT molecular complexity index is 1130. The van der Waals surface area contributed by atoms with Gasteiger partial charge in [0.05, 0.1) is 7.11 Å². The molecular weight excluding hydrogens is 376 g/mol. The Morgan fingerprint density at radius 2 is 1.32 bits per heavy atom. The lowest BCUT2D eigenvalue weighted by atomic mass is 9.74. The Morgan fingerprint density at radius 3 is 1.77 bits per heavy atom. The minimum absolute atomic E-state index is 0.119. The highest BCUT2D eigenvalue weighted by molar-refractivity contribution is 5.88. The van der Waals surface area contributed by atoms with E-state index in [1.807, 2.05) is 0 Å². The number of allylic oxidation sites excluding steroid dienone is 1. The topological polar surface area (TPSA) is 9.23 Å². The molecule has 4 fully saturated rings. The molecule has 4 saturated carbocycles. The number of ether oxygens (including phenoxy) is 1. The smallest absolute Gasteiger partial charge is 0.118 e. The van der Waals surface area contributed by atoms with E-state index in [2.05, 4.69) is 106 Å². The van der Waals surface area contributed by atoms with E-state index in [9.17, 15) is 0 Å². The normalized spacial score (nSPS) is 31.5. The van der Waals surface area contributed by atoms with Crippen molar-refractivity contribution in [1.82, 2.24) is 0 Å². The Kier molecular flexibility index (Phi) is 3.74. The molecule has 4 bridgehead atoms. The van der Waals surface area contributed by atoms with E-state index in [0.717, 1.165) is 5.75 Å². The van der Waals surface area contributed by atoms with E-state index < -0.39 is 0 Å². The summed E-state index contributed by atoms with van der Waals surface area (Å²) in [6, 6.07) is 31.1. The van der Waals surface area contributed by atoms with Gasteiger partial charge in [0.25, 0.3) is 0 Å². The Labute approximate surface area is 185 Å².